The van der Waals surface area contributed by atoms with E-state index in [4.69, 9.17) is 4.98 Å². The smallest absolute Gasteiger partial charge is 0.127 e. The highest BCUT2D eigenvalue weighted by atomic mass is 32.1. The molecule has 0 saturated carbocycles. The summed E-state index contributed by atoms with van der Waals surface area (Å²) in [4.78, 5) is 8.41. The summed E-state index contributed by atoms with van der Waals surface area (Å²) in [7, 11) is 0.663. The molecule has 0 aliphatic heterocycles. The molecule has 2 aromatic heterocycles. The number of fused-ring (bicyclic) bond motifs is 2. The molecule has 0 radical (unpaired) electrons. The maximum atomic E-state index is 4.88. The molecule has 1 unspecified atom stereocenters. The Bertz CT molecular complexity index is 1190. The minimum Gasteiger partial charge on any atom is -0.358 e. The average molecular weight is 372 g/mol. The summed E-state index contributed by atoms with van der Waals surface area (Å²) in [5.41, 5.74) is 4.67. The van der Waals surface area contributed by atoms with Gasteiger partial charge in [0, 0.05) is 22.2 Å². The summed E-state index contributed by atoms with van der Waals surface area (Å²) in [6, 6.07) is 25.8. The Kier molecular flexibility index (Phi) is 3.85. The summed E-state index contributed by atoms with van der Waals surface area (Å²) in [6.45, 7) is 2.14. The molecule has 0 saturated heterocycles. The quantitative estimate of drug-likeness (QED) is 0.423. The van der Waals surface area contributed by atoms with Crippen LogP contribution in [0.3, 0.4) is 0 Å². The maximum absolute atomic E-state index is 4.88. The molecule has 1 N–H and O–H groups in total. The van der Waals surface area contributed by atoms with Crippen molar-refractivity contribution in [3.63, 3.8) is 0 Å². The highest BCUT2D eigenvalue weighted by molar-refractivity contribution is 7.55. The van der Waals surface area contributed by atoms with Crippen LogP contribution < -0.4 is 10.6 Å². The molecule has 2 nitrogen and oxygen atoms in total. The van der Waals surface area contributed by atoms with Crippen LogP contribution in [0.2, 0.25) is 0 Å². The van der Waals surface area contributed by atoms with Gasteiger partial charge in [0.15, 0.2) is 0 Å². The van der Waals surface area contributed by atoms with Gasteiger partial charge in [-0.05, 0) is 41.8 Å². The number of nitrogens with zero attached hydrogens (tertiary/aromatic N) is 1. The van der Waals surface area contributed by atoms with Gasteiger partial charge in [0.05, 0.1) is 10.2 Å². The third-order valence-corrected chi connectivity index (χ3v) is 6.83. The minimum atomic E-state index is 0.663. The third-order valence-electron chi connectivity index (χ3n) is 4.56. The second-order valence-electron chi connectivity index (χ2n) is 6.36. The molecule has 0 spiro atoms. The van der Waals surface area contributed by atoms with Crippen molar-refractivity contribution in [2.24, 2.45) is 0 Å². The molecule has 0 aliphatic rings. The Morgan fingerprint density at radius 2 is 1.69 bits per heavy atom. The molecule has 5 aromatic rings. The molecule has 126 valence electrons. The van der Waals surface area contributed by atoms with Crippen molar-refractivity contribution in [3.8, 4) is 10.6 Å². The van der Waals surface area contributed by atoms with Crippen LogP contribution >= 0.6 is 19.9 Å². The van der Waals surface area contributed by atoms with E-state index in [1.165, 1.54) is 37.5 Å². The molecular formula is C22H17N2PS. The number of aromatic nitrogens is 2. The largest absolute Gasteiger partial charge is 0.358 e. The Morgan fingerprint density at radius 3 is 2.54 bits per heavy atom. The lowest BCUT2D eigenvalue weighted by Gasteiger charge is -2.03. The van der Waals surface area contributed by atoms with Crippen molar-refractivity contribution < 1.29 is 0 Å². The average Bonchev–Trinajstić information content (AvgIpc) is 3.22. The van der Waals surface area contributed by atoms with Crippen LogP contribution in [0.5, 0.6) is 0 Å². The van der Waals surface area contributed by atoms with E-state index in [0.29, 0.717) is 8.58 Å². The summed E-state index contributed by atoms with van der Waals surface area (Å²) in [5.74, 6) is 0. The summed E-state index contributed by atoms with van der Waals surface area (Å²) in [5, 5.41) is 5.07. The third kappa shape index (κ3) is 2.74. The molecule has 0 bridgehead atoms. The standard InChI is InChI=1S/C22H17N2PS/c1-14-21(22-24-19-9-5-6-10-20(19)26-22)17-13-16(11-12-18(17)23-14)25-15-7-3-2-4-8-15/h2-13,23,25H,1H3. The van der Waals surface area contributed by atoms with Gasteiger partial charge in [-0.2, -0.15) is 0 Å². The van der Waals surface area contributed by atoms with Gasteiger partial charge in [-0.15, -0.1) is 11.3 Å². The topological polar surface area (TPSA) is 28.7 Å². The van der Waals surface area contributed by atoms with E-state index in [1.807, 2.05) is 6.07 Å². The Hall–Kier alpha value is -2.48. The number of aromatic amines is 1. The number of thiazole rings is 1. The predicted octanol–water partition coefficient (Wildman–Crippen LogP) is 5.38. The highest BCUT2D eigenvalue weighted by Crippen LogP contribution is 2.37. The highest BCUT2D eigenvalue weighted by Gasteiger charge is 2.15. The van der Waals surface area contributed by atoms with Gasteiger partial charge in [0.25, 0.3) is 0 Å². The number of nitrogens with one attached hydrogen (secondary N) is 1. The fraction of sp³-hybridized carbons (Fsp3) is 0.0455. The SMILES string of the molecule is Cc1[nH]c2ccc(Pc3ccccc3)cc2c1-c1nc2ccccc2s1. The van der Waals surface area contributed by atoms with Crippen LogP contribution in [0.4, 0.5) is 0 Å². The number of H-pyrrole nitrogens is 1. The second-order valence-corrected chi connectivity index (χ2v) is 8.80. The number of aryl methyl sites for hydroxylation is 1. The first kappa shape index (κ1) is 15.7. The molecule has 1 atom stereocenters. The zero-order valence-electron chi connectivity index (χ0n) is 14.3. The Balaban J connectivity index is 1.64. The van der Waals surface area contributed by atoms with Crippen molar-refractivity contribution in [2.75, 3.05) is 0 Å². The zero-order valence-corrected chi connectivity index (χ0v) is 16.1. The summed E-state index contributed by atoms with van der Waals surface area (Å²) < 4.78 is 1.23. The number of rotatable bonds is 3. The van der Waals surface area contributed by atoms with E-state index in [9.17, 15) is 0 Å². The summed E-state index contributed by atoms with van der Waals surface area (Å²) >= 11 is 1.77. The van der Waals surface area contributed by atoms with Crippen molar-refractivity contribution in [1.29, 1.82) is 0 Å². The number of hydrogen-bond acceptors (Lipinski definition) is 2. The van der Waals surface area contributed by atoms with Gasteiger partial charge in [0.2, 0.25) is 0 Å². The number of para-hydroxylation sites is 1. The van der Waals surface area contributed by atoms with E-state index >= 15 is 0 Å². The molecule has 0 amide bonds. The van der Waals surface area contributed by atoms with Crippen molar-refractivity contribution in [1.82, 2.24) is 9.97 Å². The maximum Gasteiger partial charge on any atom is 0.127 e. The number of hydrogen-bond donors (Lipinski definition) is 1. The lowest BCUT2D eigenvalue weighted by Crippen LogP contribution is -2.02. The van der Waals surface area contributed by atoms with Crippen LogP contribution in [-0.4, -0.2) is 9.97 Å². The van der Waals surface area contributed by atoms with Gasteiger partial charge in [-0.3, -0.25) is 0 Å². The van der Waals surface area contributed by atoms with E-state index in [2.05, 4.69) is 78.6 Å². The van der Waals surface area contributed by atoms with E-state index in [1.54, 1.807) is 11.3 Å². The minimum absolute atomic E-state index is 0.663. The van der Waals surface area contributed by atoms with E-state index < -0.39 is 0 Å². The van der Waals surface area contributed by atoms with Crippen LogP contribution in [0.25, 0.3) is 31.7 Å². The van der Waals surface area contributed by atoms with E-state index in [0.717, 1.165) is 10.5 Å². The first-order valence-electron chi connectivity index (χ1n) is 8.58. The van der Waals surface area contributed by atoms with E-state index in [-0.39, 0.29) is 0 Å². The fourth-order valence-corrected chi connectivity index (χ4v) is 5.51. The van der Waals surface area contributed by atoms with Crippen LogP contribution in [0.1, 0.15) is 5.69 Å². The summed E-state index contributed by atoms with van der Waals surface area (Å²) in [6.07, 6.45) is 0. The van der Waals surface area contributed by atoms with Gasteiger partial charge >= 0.3 is 0 Å². The lowest BCUT2D eigenvalue weighted by molar-refractivity contribution is 1.29. The monoisotopic (exact) mass is 372 g/mol. The van der Waals surface area contributed by atoms with Crippen LogP contribution in [0.15, 0.2) is 72.8 Å². The molecule has 0 aliphatic carbocycles. The first-order valence-corrected chi connectivity index (χ1v) is 10.4. The predicted molar refractivity (Wildman–Crippen MR) is 116 cm³/mol. The first-order chi connectivity index (χ1) is 12.8. The molecule has 2 heterocycles. The van der Waals surface area contributed by atoms with Crippen molar-refractivity contribution in [3.05, 3.63) is 78.5 Å². The molecule has 3 aromatic carbocycles. The molecule has 5 rings (SSSR count). The van der Waals surface area contributed by atoms with Gasteiger partial charge in [-0.25, -0.2) is 4.98 Å². The lowest BCUT2D eigenvalue weighted by atomic mass is 10.1. The van der Waals surface area contributed by atoms with Gasteiger partial charge < -0.3 is 4.98 Å². The Morgan fingerprint density at radius 1 is 0.885 bits per heavy atom. The van der Waals surface area contributed by atoms with Crippen LogP contribution in [-0.2, 0) is 0 Å². The molecular weight excluding hydrogens is 355 g/mol. The molecule has 26 heavy (non-hydrogen) atoms. The zero-order chi connectivity index (χ0) is 17.5. The number of benzene rings is 3. The molecule has 0 fully saturated rings. The van der Waals surface area contributed by atoms with Crippen LogP contribution in [0, 0.1) is 6.92 Å². The molecule has 4 heteroatoms. The van der Waals surface area contributed by atoms with Gasteiger partial charge in [0.1, 0.15) is 5.01 Å². The second kappa shape index (κ2) is 6.35. The fourth-order valence-electron chi connectivity index (χ4n) is 3.35. The van der Waals surface area contributed by atoms with Gasteiger partial charge in [-0.1, -0.05) is 57.1 Å². The Labute approximate surface area is 157 Å². The normalized spacial score (nSPS) is 11.9. The van der Waals surface area contributed by atoms with Crippen molar-refractivity contribution in [2.45, 2.75) is 6.92 Å². The van der Waals surface area contributed by atoms with Crippen molar-refractivity contribution >= 4 is 51.6 Å².